The minimum absolute atomic E-state index is 0.0387. The molecule has 0 unspecified atom stereocenters. The molecule has 4 aromatic rings. The highest BCUT2D eigenvalue weighted by molar-refractivity contribution is 8.13. The molecule has 1 aromatic heterocycles. The average molecular weight is 474 g/mol. The van der Waals surface area contributed by atoms with E-state index in [0.717, 1.165) is 50.1 Å². The van der Waals surface area contributed by atoms with Crippen LogP contribution in [0.25, 0.3) is 22.2 Å². The van der Waals surface area contributed by atoms with Gasteiger partial charge in [0.2, 0.25) is 5.91 Å². The second-order valence-electron chi connectivity index (χ2n) is 8.09. The molecule has 7 heteroatoms. The van der Waals surface area contributed by atoms with Crippen molar-refractivity contribution in [1.29, 1.82) is 0 Å². The van der Waals surface area contributed by atoms with E-state index in [0.29, 0.717) is 18.5 Å². The SMILES string of the molecule is COc1ccc(-c2[nH]c3ccccc3c2CCC(=O)Nc2ccc(SC(=O)N(C)C)cc2)cc1. The summed E-state index contributed by atoms with van der Waals surface area (Å²) in [5.41, 5.74) is 4.94. The Morgan fingerprint density at radius 3 is 2.35 bits per heavy atom. The summed E-state index contributed by atoms with van der Waals surface area (Å²) in [6.07, 6.45) is 0.948. The molecule has 1 heterocycles. The van der Waals surface area contributed by atoms with Crippen LogP contribution in [-0.2, 0) is 11.2 Å². The number of rotatable bonds is 7. The molecule has 0 aliphatic carbocycles. The average Bonchev–Trinajstić information content (AvgIpc) is 3.22. The minimum atomic E-state index is -0.0595. The smallest absolute Gasteiger partial charge is 0.285 e. The van der Waals surface area contributed by atoms with Gasteiger partial charge in [-0.1, -0.05) is 18.2 Å². The second kappa shape index (κ2) is 10.5. The van der Waals surface area contributed by atoms with Gasteiger partial charge in [0.15, 0.2) is 0 Å². The van der Waals surface area contributed by atoms with Crippen LogP contribution in [0.4, 0.5) is 10.5 Å². The maximum absolute atomic E-state index is 12.7. The molecule has 174 valence electrons. The van der Waals surface area contributed by atoms with Gasteiger partial charge in [-0.2, -0.15) is 0 Å². The standard InChI is InChI=1S/C27H27N3O3S/c1-30(2)27(32)34-21-14-10-19(11-15-21)28-25(31)17-16-23-22-6-4-5-7-24(22)29-26(23)18-8-12-20(33-3)13-9-18/h4-15,29H,16-17H2,1-3H3,(H,28,31). The first-order chi connectivity index (χ1) is 16.4. The Hall–Kier alpha value is -3.71. The van der Waals surface area contributed by atoms with Crippen LogP contribution < -0.4 is 10.1 Å². The summed E-state index contributed by atoms with van der Waals surface area (Å²) in [6, 6.07) is 23.4. The topological polar surface area (TPSA) is 74.4 Å². The molecule has 34 heavy (non-hydrogen) atoms. The zero-order valence-electron chi connectivity index (χ0n) is 19.4. The van der Waals surface area contributed by atoms with E-state index in [9.17, 15) is 9.59 Å². The number of hydrogen-bond acceptors (Lipinski definition) is 4. The summed E-state index contributed by atoms with van der Waals surface area (Å²) in [6.45, 7) is 0. The normalized spacial score (nSPS) is 10.8. The van der Waals surface area contributed by atoms with Crippen molar-refractivity contribution in [2.24, 2.45) is 0 Å². The molecule has 0 bridgehead atoms. The molecule has 0 aliphatic heterocycles. The van der Waals surface area contributed by atoms with Crippen LogP contribution in [0.3, 0.4) is 0 Å². The number of hydrogen-bond donors (Lipinski definition) is 2. The van der Waals surface area contributed by atoms with Crippen LogP contribution >= 0.6 is 11.8 Å². The largest absolute Gasteiger partial charge is 0.497 e. The number of aryl methyl sites for hydroxylation is 1. The van der Waals surface area contributed by atoms with E-state index in [4.69, 9.17) is 4.74 Å². The second-order valence-corrected chi connectivity index (χ2v) is 9.11. The third-order valence-corrected chi connectivity index (χ3v) is 6.55. The number of fused-ring (bicyclic) bond motifs is 1. The zero-order valence-corrected chi connectivity index (χ0v) is 20.2. The summed E-state index contributed by atoms with van der Waals surface area (Å²) in [5, 5.41) is 4.04. The highest BCUT2D eigenvalue weighted by Gasteiger charge is 2.15. The van der Waals surface area contributed by atoms with Crippen LogP contribution in [0.2, 0.25) is 0 Å². The third kappa shape index (κ3) is 5.43. The monoisotopic (exact) mass is 473 g/mol. The molecule has 0 saturated carbocycles. The lowest BCUT2D eigenvalue weighted by atomic mass is 10.0. The van der Waals surface area contributed by atoms with Gasteiger partial charge < -0.3 is 19.9 Å². The van der Waals surface area contributed by atoms with Gasteiger partial charge >= 0.3 is 0 Å². The lowest BCUT2D eigenvalue weighted by Gasteiger charge is -2.10. The van der Waals surface area contributed by atoms with E-state index >= 15 is 0 Å². The number of ether oxygens (including phenoxy) is 1. The van der Waals surface area contributed by atoms with Crippen LogP contribution in [0.1, 0.15) is 12.0 Å². The molecular formula is C27H27N3O3S. The Morgan fingerprint density at radius 1 is 0.971 bits per heavy atom. The number of H-pyrrole nitrogens is 1. The van der Waals surface area contributed by atoms with Crippen molar-refractivity contribution in [1.82, 2.24) is 9.88 Å². The molecule has 0 saturated heterocycles. The molecule has 0 fully saturated rings. The van der Waals surface area contributed by atoms with Crippen LogP contribution in [-0.4, -0.2) is 42.2 Å². The predicted molar refractivity (Wildman–Crippen MR) is 139 cm³/mol. The number of carbonyl (C=O) groups is 2. The first-order valence-electron chi connectivity index (χ1n) is 11.0. The Morgan fingerprint density at radius 2 is 1.68 bits per heavy atom. The fourth-order valence-corrected chi connectivity index (χ4v) is 4.38. The highest BCUT2D eigenvalue weighted by atomic mass is 32.2. The van der Waals surface area contributed by atoms with Gasteiger partial charge in [0, 0.05) is 47.7 Å². The quantitative estimate of drug-likeness (QED) is 0.314. The van der Waals surface area contributed by atoms with Crippen molar-refractivity contribution in [3.05, 3.63) is 78.4 Å². The number of thioether (sulfide) groups is 1. The lowest BCUT2D eigenvalue weighted by molar-refractivity contribution is -0.116. The molecule has 0 aliphatic rings. The maximum Gasteiger partial charge on any atom is 0.285 e. The fraction of sp³-hybridized carbons (Fsp3) is 0.185. The Bertz CT molecular complexity index is 1300. The molecule has 3 aromatic carbocycles. The van der Waals surface area contributed by atoms with Crippen LogP contribution in [0.5, 0.6) is 5.75 Å². The van der Waals surface area contributed by atoms with E-state index in [1.165, 1.54) is 4.90 Å². The van der Waals surface area contributed by atoms with Gasteiger partial charge in [0.1, 0.15) is 5.75 Å². The van der Waals surface area contributed by atoms with Gasteiger partial charge in [-0.15, -0.1) is 0 Å². The number of para-hydroxylation sites is 1. The summed E-state index contributed by atoms with van der Waals surface area (Å²) >= 11 is 1.15. The van der Waals surface area contributed by atoms with Crippen LogP contribution in [0.15, 0.2) is 77.7 Å². The minimum Gasteiger partial charge on any atom is -0.497 e. The van der Waals surface area contributed by atoms with Crippen molar-refractivity contribution < 1.29 is 14.3 Å². The summed E-state index contributed by atoms with van der Waals surface area (Å²) in [4.78, 5) is 30.4. The first kappa shape index (κ1) is 23.4. The number of methoxy groups -OCH3 is 1. The van der Waals surface area contributed by atoms with Crippen molar-refractivity contribution >= 4 is 39.5 Å². The van der Waals surface area contributed by atoms with E-state index in [1.54, 1.807) is 21.2 Å². The van der Waals surface area contributed by atoms with Crippen molar-refractivity contribution in [2.45, 2.75) is 17.7 Å². The zero-order chi connectivity index (χ0) is 24.1. The summed E-state index contributed by atoms with van der Waals surface area (Å²) in [7, 11) is 5.09. The van der Waals surface area contributed by atoms with Gasteiger partial charge in [-0.3, -0.25) is 9.59 Å². The number of nitrogens with one attached hydrogen (secondary N) is 2. The number of amides is 2. The van der Waals surface area contributed by atoms with Gasteiger partial charge in [0.05, 0.1) is 7.11 Å². The number of benzene rings is 3. The molecule has 0 radical (unpaired) electrons. The highest BCUT2D eigenvalue weighted by Crippen LogP contribution is 2.32. The van der Waals surface area contributed by atoms with E-state index in [-0.39, 0.29) is 11.1 Å². The molecule has 6 nitrogen and oxygen atoms in total. The fourth-order valence-electron chi connectivity index (χ4n) is 3.72. The van der Waals surface area contributed by atoms with Gasteiger partial charge in [-0.05, 0) is 83.9 Å². The molecule has 2 N–H and O–H groups in total. The maximum atomic E-state index is 12.7. The predicted octanol–water partition coefficient (Wildman–Crippen LogP) is 6.19. The molecule has 0 atom stereocenters. The third-order valence-electron chi connectivity index (χ3n) is 5.50. The molecule has 0 spiro atoms. The van der Waals surface area contributed by atoms with Gasteiger partial charge in [-0.25, -0.2) is 0 Å². The van der Waals surface area contributed by atoms with Crippen LogP contribution in [0, 0.1) is 0 Å². The lowest BCUT2D eigenvalue weighted by Crippen LogP contribution is -2.16. The molecule has 4 rings (SSSR count). The number of anilines is 1. The summed E-state index contributed by atoms with van der Waals surface area (Å²) < 4.78 is 5.28. The number of aromatic nitrogens is 1. The number of aromatic amines is 1. The van der Waals surface area contributed by atoms with E-state index in [2.05, 4.69) is 16.4 Å². The number of carbonyl (C=O) groups excluding carboxylic acids is 2. The first-order valence-corrected chi connectivity index (χ1v) is 11.8. The number of nitrogens with zero attached hydrogens (tertiary/aromatic N) is 1. The van der Waals surface area contributed by atoms with Crippen molar-refractivity contribution in [3.8, 4) is 17.0 Å². The molecular weight excluding hydrogens is 446 g/mol. The molecule has 2 amide bonds. The Balaban J connectivity index is 1.46. The van der Waals surface area contributed by atoms with Crippen molar-refractivity contribution in [3.63, 3.8) is 0 Å². The van der Waals surface area contributed by atoms with Gasteiger partial charge in [0.25, 0.3) is 5.24 Å². The van der Waals surface area contributed by atoms with Crippen molar-refractivity contribution in [2.75, 3.05) is 26.5 Å². The van der Waals surface area contributed by atoms with E-state index in [1.807, 2.05) is 66.7 Å². The Labute approximate surface area is 203 Å². The Kier molecular flexibility index (Phi) is 7.23. The summed E-state index contributed by atoms with van der Waals surface area (Å²) in [5.74, 6) is 0.743. The van der Waals surface area contributed by atoms with E-state index < -0.39 is 0 Å².